The van der Waals surface area contributed by atoms with Crippen molar-refractivity contribution < 1.29 is 9.90 Å². The number of rotatable bonds is 0. The van der Waals surface area contributed by atoms with Crippen molar-refractivity contribution in [1.29, 1.82) is 0 Å². The van der Waals surface area contributed by atoms with E-state index in [1.165, 1.54) is 6.42 Å². The molecule has 2 unspecified atom stereocenters. The van der Waals surface area contributed by atoms with Gasteiger partial charge in [0.15, 0.2) is 0 Å². The van der Waals surface area contributed by atoms with Gasteiger partial charge in [0, 0.05) is 12.6 Å². The lowest BCUT2D eigenvalue weighted by atomic mass is 10.0. The molecule has 2 atom stereocenters. The first-order valence-corrected chi connectivity index (χ1v) is 5.09. The van der Waals surface area contributed by atoms with Gasteiger partial charge in [-0.3, -0.25) is 0 Å². The van der Waals surface area contributed by atoms with E-state index in [1.807, 2.05) is 5.37 Å². The maximum Gasteiger partial charge on any atom is 0.372 e. The summed E-state index contributed by atoms with van der Waals surface area (Å²) in [6.45, 7) is 0.983. The van der Waals surface area contributed by atoms with Crippen molar-refractivity contribution in [3.8, 4) is 0 Å². The summed E-state index contributed by atoms with van der Waals surface area (Å²) in [6.07, 6.45) is 3.35. The van der Waals surface area contributed by atoms with Crippen LogP contribution in [-0.4, -0.2) is 32.7 Å². The first-order chi connectivity index (χ1) is 5.29. The van der Waals surface area contributed by atoms with Gasteiger partial charge in [-0.2, -0.15) is 0 Å². The van der Waals surface area contributed by atoms with Crippen molar-refractivity contribution in [1.82, 2.24) is 4.31 Å². The topological polar surface area (TPSA) is 40.5 Å². The maximum absolute atomic E-state index is 10.7. The van der Waals surface area contributed by atoms with Gasteiger partial charge in [0.25, 0.3) is 0 Å². The summed E-state index contributed by atoms with van der Waals surface area (Å²) in [7, 11) is -0.559. The van der Waals surface area contributed by atoms with Crippen LogP contribution in [0.2, 0.25) is 0 Å². The quantitative estimate of drug-likeness (QED) is 0.564. The Morgan fingerprint density at radius 1 is 1.64 bits per heavy atom. The van der Waals surface area contributed by atoms with E-state index >= 15 is 0 Å². The molecule has 0 saturated carbocycles. The molecular formula is C7H11NO2S. The fraction of sp³-hybridized carbons (Fsp3) is 0.714. The molecule has 0 aliphatic carbocycles. The molecule has 2 aliphatic heterocycles. The van der Waals surface area contributed by atoms with Crippen molar-refractivity contribution in [3.63, 3.8) is 0 Å². The molecule has 62 valence electrons. The van der Waals surface area contributed by atoms with Crippen LogP contribution in [0, 0.1) is 0 Å². The third-order valence-corrected chi connectivity index (χ3v) is 4.19. The van der Waals surface area contributed by atoms with E-state index in [-0.39, 0.29) is 0 Å². The summed E-state index contributed by atoms with van der Waals surface area (Å²) in [4.78, 5) is 10.7. The zero-order chi connectivity index (χ0) is 7.84. The van der Waals surface area contributed by atoms with Crippen molar-refractivity contribution in [2.75, 3.05) is 6.54 Å². The summed E-state index contributed by atoms with van der Waals surface area (Å²) in [5.74, 6) is 0. The number of hydrogen-bond donors (Lipinski definition) is 1. The van der Waals surface area contributed by atoms with Gasteiger partial charge in [0.1, 0.15) is 0 Å². The van der Waals surface area contributed by atoms with Crippen LogP contribution in [0.1, 0.15) is 19.3 Å². The molecule has 0 aromatic heterocycles. The Kier molecular flexibility index (Phi) is 1.73. The van der Waals surface area contributed by atoms with Gasteiger partial charge in [-0.05, 0) is 35.3 Å². The highest BCUT2D eigenvalue weighted by Crippen LogP contribution is 2.37. The molecule has 0 amide bonds. The number of nitrogens with zero attached hydrogens (tertiary/aromatic N) is 1. The second-order valence-electron chi connectivity index (χ2n) is 2.91. The number of carbonyl (C=O) groups is 1. The van der Waals surface area contributed by atoms with Crippen LogP contribution < -0.4 is 0 Å². The second kappa shape index (κ2) is 2.60. The molecule has 0 aromatic rings. The van der Waals surface area contributed by atoms with E-state index in [9.17, 15) is 4.79 Å². The Morgan fingerprint density at radius 2 is 2.45 bits per heavy atom. The minimum absolute atomic E-state index is 0.559. The van der Waals surface area contributed by atoms with Crippen LogP contribution in [0.4, 0.5) is 4.79 Å². The van der Waals surface area contributed by atoms with E-state index in [1.54, 1.807) is 0 Å². The molecule has 0 bridgehead atoms. The van der Waals surface area contributed by atoms with Gasteiger partial charge in [0.2, 0.25) is 0 Å². The highest BCUT2D eigenvalue weighted by atomic mass is 32.2. The summed E-state index contributed by atoms with van der Waals surface area (Å²) < 4.78 is 2.10. The van der Waals surface area contributed by atoms with Crippen LogP contribution >= 0.6 is 10.7 Å². The van der Waals surface area contributed by atoms with Gasteiger partial charge in [-0.25, -0.2) is 9.10 Å². The standard InChI is InChI=1S/C7H11NO2S/c9-7(10)11-5-1-2-6-3-4-8(6)11/h5-6H,1-4H2,(H,9,10). The molecule has 0 aromatic carbocycles. The molecule has 1 saturated heterocycles. The largest absolute Gasteiger partial charge is 0.473 e. The Hall–Kier alpha value is -0.350. The Balaban J connectivity index is 2.18. The second-order valence-corrected chi connectivity index (χ2v) is 4.69. The average molecular weight is 173 g/mol. The zero-order valence-corrected chi connectivity index (χ0v) is 7.01. The van der Waals surface area contributed by atoms with Crippen LogP contribution in [0.25, 0.3) is 0 Å². The Morgan fingerprint density at radius 3 is 2.91 bits per heavy atom. The van der Waals surface area contributed by atoms with Gasteiger partial charge < -0.3 is 5.11 Å². The van der Waals surface area contributed by atoms with E-state index in [0.29, 0.717) is 6.04 Å². The van der Waals surface area contributed by atoms with Crippen LogP contribution in [-0.2, 0) is 0 Å². The minimum Gasteiger partial charge on any atom is -0.473 e. The van der Waals surface area contributed by atoms with E-state index in [2.05, 4.69) is 4.31 Å². The van der Waals surface area contributed by atoms with Crippen molar-refractivity contribution in [3.05, 3.63) is 0 Å². The normalized spacial score (nSPS) is 36.7. The monoisotopic (exact) mass is 173 g/mol. The summed E-state index contributed by atoms with van der Waals surface area (Å²) in [5, 5.41) is 10.1. The van der Waals surface area contributed by atoms with Gasteiger partial charge in [-0.15, -0.1) is 0 Å². The molecule has 0 radical (unpaired) electrons. The highest BCUT2D eigenvalue weighted by molar-refractivity contribution is 8.25. The first kappa shape index (κ1) is 7.31. The molecule has 2 rings (SSSR count). The Bertz CT molecular complexity index is 226. The van der Waals surface area contributed by atoms with Gasteiger partial charge in [-0.1, -0.05) is 0 Å². The molecule has 0 spiro atoms. The predicted octanol–water partition coefficient (Wildman–Crippen LogP) is 1.52. The molecule has 1 N–H and O–H groups in total. The minimum atomic E-state index is -0.658. The van der Waals surface area contributed by atoms with Gasteiger partial charge in [0.05, 0.1) is 0 Å². The summed E-state index contributed by atoms with van der Waals surface area (Å²) in [5.41, 5.74) is 0. The third-order valence-electron chi connectivity index (χ3n) is 2.30. The maximum atomic E-state index is 10.7. The van der Waals surface area contributed by atoms with E-state index in [4.69, 9.17) is 5.11 Å². The van der Waals surface area contributed by atoms with Crippen LogP contribution in [0.15, 0.2) is 0 Å². The SMILES string of the molecule is O=C(O)S1=CCCC2CCN21. The fourth-order valence-electron chi connectivity index (χ4n) is 1.60. The molecule has 3 nitrogen and oxygen atoms in total. The van der Waals surface area contributed by atoms with Crippen molar-refractivity contribution >= 4 is 21.3 Å². The number of hydrogen-bond acceptors (Lipinski definition) is 2. The Labute approximate surface area is 68.1 Å². The molecular weight excluding hydrogens is 162 g/mol. The molecule has 4 heteroatoms. The fourth-order valence-corrected chi connectivity index (χ4v) is 3.33. The van der Waals surface area contributed by atoms with E-state index < -0.39 is 16.0 Å². The zero-order valence-electron chi connectivity index (χ0n) is 6.19. The lowest BCUT2D eigenvalue weighted by Gasteiger charge is -2.43. The summed E-state index contributed by atoms with van der Waals surface area (Å²) >= 11 is 0. The highest BCUT2D eigenvalue weighted by Gasteiger charge is 2.34. The van der Waals surface area contributed by atoms with Crippen LogP contribution in [0.5, 0.6) is 0 Å². The summed E-state index contributed by atoms with van der Waals surface area (Å²) in [6, 6.07) is 0.583. The average Bonchev–Trinajstić information content (AvgIpc) is 1.90. The first-order valence-electron chi connectivity index (χ1n) is 3.85. The number of carboxylic acid groups (broad SMARTS) is 1. The van der Waals surface area contributed by atoms with Crippen LogP contribution in [0.3, 0.4) is 0 Å². The lowest BCUT2D eigenvalue weighted by Crippen LogP contribution is -2.46. The van der Waals surface area contributed by atoms with E-state index in [0.717, 1.165) is 19.4 Å². The number of fused-ring (bicyclic) bond motifs is 1. The molecule has 2 heterocycles. The molecule has 11 heavy (non-hydrogen) atoms. The molecule has 1 fully saturated rings. The predicted molar refractivity (Wildman–Crippen MR) is 46.0 cm³/mol. The molecule has 2 aliphatic rings. The van der Waals surface area contributed by atoms with Crippen molar-refractivity contribution in [2.24, 2.45) is 0 Å². The third kappa shape index (κ3) is 1.10. The van der Waals surface area contributed by atoms with Crippen molar-refractivity contribution in [2.45, 2.75) is 25.3 Å². The van der Waals surface area contributed by atoms with Gasteiger partial charge >= 0.3 is 5.30 Å². The smallest absolute Gasteiger partial charge is 0.372 e. The lowest BCUT2D eigenvalue weighted by molar-refractivity contribution is 0.196.